The maximum absolute atomic E-state index is 10.9. The number of nitrogens with two attached hydrogens (primary N) is 1. The van der Waals surface area contributed by atoms with E-state index in [0.29, 0.717) is 0 Å². The first-order valence-electron chi connectivity index (χ1n) is 3.18. The zero-order valence-corrected chi connectivity index (χ0v) is 6.99. The molecule has 0 heterocycles. The first kappa shape index (κ1) is 9.36. The minimum absolute atomic E-state index is 0.0125. The highest BCUT2D eigenvalue weighted by Crippen LogP contribution is 1.98. The second-order valence-electron chi connectivity index (χ2n) is 2.16. The molecule has 1 unspecified atom stereocenters. The van der Waals surface area contributed by atoms with Crippen molar-refractivity contribution in [1.29, 1.82) is 0 Å². The summed E-state index contributed by atoms with van der Waals surface area (Å²) in [6, 6.07) is 0. The van der Waals surface area contributed by atoms with Gasteiger partial charge >= 0.3 is 0 Å². The van der Waals surface area contributed by atoms with Gasteiger partial charge in [0.05, 0.1) is 0 Å². The summed E-state index contributed by atoms with van der Waals surface area (Å²) in [7, 11) is 0. The van der Waals surface area contributed by atoms with E-state index in [9.17, 15) is 4.79 Å². The van der Waals surface area contributed by atoms with E-state index >= 15 is 0 Å². The van der Waals surface area contributed by atoms with Gasteiger partial charge in [0.25, 0.3) is 0 Å². The summed E-state index contributed by atoms with van der Waals surface area (Å²) in [6.07, 6.45) is 0.800. The summed E-state index contributed by atoms with van der Waals surface area (Å²) >= 11 is 4.48. The Balaban J connectivity index is 3.73. The Morgan fingerprint density at radius 1 is 1.80 bits per heavy atom. The summed E-state index contributed by atoms with van der Waals surface area (Å²) in [5.41, 5.74) is 5.09. The Hall–Kier alpha value is -0.640. The van der Waals surface area contributed by atoms with Gasteiger partial charge in [0.2, 0.25) is 5.91 Å². The van der Waals surface area contributed by atoms with E-state index in [4.69, 9.17) is 5.73 Å². The molecule has 0 saturated carbocycles. The van der Waals surface area contributed by atoms with Crippen molar-refractivity contribution in [3.05, 3.63) is 0 Å². The molecule has 0 aromatic rings. The van der Waals surface area contributed by atoms with Gasteiger partial charge in [0.1, 0.15) is 0 Å². The molecular weight excluding hydrogens is 148 g/mol. The molecule has 0 aliphatic rings. The average molecular weight is 160 g/mol. The van der Waals surface area contributed by atoms with Crippen LogP contribution in [0.5, 0.6) is 0 Å². The first-order valence-corrected chi connectivity index (χ1v) is 3.59. The van der Waals surface area contributed by atoms with Crippen LogP contribution in [0.2, 0.25) is 0 Å². The van der Waals surface area contributed by atoms with Gasteiger partial charge in [-0.2, -0.15) is 0 Å². The molecule has 0 aliphatic carbocycles. The third-order valence-corrected chi connectivity index (χ3v) is 1.41. The number of carbonyl (C=O) groups excluding carboxylic acids is 1. The highest BCUT2D eigenvalue weighted by atomic mass is 32.1. The zero-order chi connectivity index (χ0) is 8.15. The smallest absolute Gasteiger partial charge is 0.228 e. The molecule has 0 rings (SSSR count). The molecule has 0 fully saturated rings. The standard InChI is InChI=1S/C6H12N2OS/c1-3-4(2)5(9)8-6(7)10/h4H,3H2,1-2H3,(H3,7,8,9,10). The lowest BCUT2D eigenvalue weighted by molar-refractivity contribution is -0.123. The van der Waals surface area contributed by atoms with E-state index in [1.165, 1.54) is 0 Å². The van der Waals surface area contributed by atoms with Gasteiger partial charge in [-0.05, 0) is 18.6 Å². The molecule has 0 aliphatic heterocycles. The summed E-state index contributed by atoms with van der Waals surface area (Å²) in [5, 5.41) is 2.41. The van der Waals surface area contributed by atoms with Crippen LogP contribution in [0.15, 0.2) is 0 Å². The lowest BCUT2D eigenvalue weighted by Gasteiger charge is -2.06. The second kappa shape index (κ2) is 4.22. The number of nitrogens with one attached hydrogen (secondary N) is 1. The van der Waals surface area contributed by atoms with Crippen LogP contribution in [0.1, 0.15) is 20.3 Å². The Morgan fingerprint density at radius 2 is 2.30 bits per heavy atom. The van der Waals surface area contributed by atoms with Crippen LogP contribution < -0.4 is 11.1 Å². The van der Waals surface area contributed by atoms with E-state index in [1.807, 2.05) is 13.8 Å². The van der Waals surface area contributed by atoms with Crippen LogP contribution in [0.25, 0.3) is 0 Å². The van der Waals surface area contributed by atoms with Gasteiger partial charge in [-0.15, -0.1) is 0 Å². The average Bonchev–Trinajstić information content (AvgIpc) is 1.85. The predicted molar refractivity (Wildman–Crippen MR) is 44.4 cm³/mol. The third-order valence-electron chi connectivity index (χ3n) is 1.31. The minimum atomic E-state index is -0.102. The lowest BCUT2D eigenvalue weighted by atomic mass is 10.1. The highest BCUT2D eigenvalue weighted by molar-refractivity contribution is 7.80. The molecule has 1 amide bonds. The first-order chi connectivity index (χ1) is 4.57. The largest absolute Gasteiger partial charge is 0.376 e. The van der Waals surface area contributed by atoms with Gasteiger partial charge < -0.3 is 11.1 Å². The summed E-state index contributed by atoms with van der Waals surface area (Å²) in [6.45, 7) is 3.76. The van der Waals surface area contributed by atoms with Crippen molar-refractivity contribution in [2.45, 2.75) is 20.3 Å². The fourth-order valence-electron chi connectivity index (χ4n) is 0.430. The summed E-state index contributed by atoms with van der Waals surface area (Å²) < 4.78 is 0. The van der Waals surface area contributed by atoms with Crippen LogP contribution in [0, 0.1) is 5.92 Å². The molecule has 0 aromatic heterocycles. The maximum Gasteiger partial charge on any atom is 0.228 e. The molecule has 1 atom stereocenters. The SMILES string of the molecule is CCC(C)C(=O)NC(N)=S. The Bertz CT molecular complexity index is 147. The number of amides is 1. The fraction of sp³-hybridized carbons (Fsp3) is 0.667. The maximum atomic E-state index is 10.9. The quantitative estimate of drug-likeness (QED) is 0.575. The van der Waals surface area contributed by atoms with Crippen LogP contribution in [-0.4, -0.2) is 11.0 Å². The van der Waals surface area contributed by atoms with Crippen molar-refractivity contribution in [1.82, 2.24) is 5.32 Å². The van der Waals surface area contributed by atoms with Gasteiger partial charge in [-0.25, -0.2) is 0 Å². The second-order valence-corrected chi connectivity index (χ2v) is 2.60. The molecule has 10 heavy (non-hydrogen) atoms. The van der Waals surface area contributed by atoms with E-state index in [0.717, 1.165) is 6.42 Å². The van der Waals surface area contributed by atoms with Crippen molar-refractivity contribution < 1.29 is 4.79 Å². The zero-order valence-electron chi connectivity index (χ0n) is 6.18. The molecular formula is C6H12N2OS. The number of rotatable bonds is 2. The van der Waals surface area contributed by atoms with Crippen molar-refractivity contribution in [2.75, 3.05) is 0 Å². The topological polar surface area (TPSA) is 55.1 Å². The molecule has 3 N–H and O–H groups in total. The van der Waals surface area contributed by atoms with Crippen molar-refractivity contribution in [2.24, 2.45) is 11.7 Å². The number of hydrogen-bond acceptors (Lipinski definition) is 2. The van der Waals surface area contributed by atoms with E-state index < -0.39 is 0 Å². The van der Waals surface area contributed by atoms with Gasteiger partial charge in [0, 0.05) is 5.92 Å². The number of thiocarbonyl (C=S) groups is 1. The van der Waals surface area contributed by atoms with Crippen LogP contribution in [0.3, 0.4) is 0 Å². The Kier molecular flexibility index (Phi) is 3.95. The van der Waals surface area contributed by atoms with Crippen LogP contribution in [-0.2, 0) is 4.79 Å². The van der Waals surface area contributed by atoms with E-state index in [-0.39, 0.29) is 16.9 Å². The van der Waals surface area contributed by atoms with E-state index in [1.54, 1.807) is 0 Å². The molecule has 0 aromatic carbocycles. The molecule has 58 valence electrons. The fourth-order valence-corrected chi connectivity index (χ4v) is 0.531. The Morgan fingerprint density at radius 3 is 2.60 bits per heavy atom. The molecule has 0 bridgehead atoms. The minimum Gasteiger partial charge on any atom is -0.376 e. The summed E-state index contributed by atoms with van der Waals surface area (Å²) in [5.74, 6) is -0.114. The van der Waals surface area contributed by atoms with Crippen molar-refractivity contribution in [3.8, 4) is 0 Å². The van der Waals surface area contributed by atoms with Gasteiger partial charge in [-0.1, -0.05) is 13.8 Å². The molecule has 0 saturated heterocycles. The molecule has 0 spiro atoms. The number of carbonyl (C=O) groups is 1. The van der Waals surface area contributed by atoms with Crippen LogP contribution in [0.4, 0.5) is 0 Å². The lowest BCUT2D eigenvalue weighted by Crippen LogP contribution is -2.37. The van der Waals surface area contributed by atoms with Crippen molar-refractivity contribution >= 4 is 23.2 Å². The normalized spacial score (nSPS) is 12.2. The van der Waals surface area contributed by atoms with Gasteiger partial charge in [0.15, 0.2) is 5.11 Å². The Labute approximate surface area is 66.0 Å². The molecule has 0 radical (unpaired) electrons. The monoisotopic (exact) mass is 160 g/mol. The third kappa shape index (κ3) is 3.40. The number of hydrogen-bond donors (Lipinski definition) is 2. The van der Waals surface area contributed by atoms with Gasteiger partial charge in [-0.3, -0.25) is 4.79 Å². The predicted octanol–water partition coefficient (Wildman–Crippen LogP) is 0.392. The van der Waals surface area contributed by atoms with E-state index in [2.05, 4.69) is 17.5 Å². The summed E-state index contributed by atoms with van der Waals surface area (Å²) in [4.78, 5) is 10.9. The molecule has 3 nitrogen and oxygen atoms in total. The van der Waals surface area contributed by atoms with Crippen molar-refractivity contribution in [3.63, 3.8) is 0 Å². The molecule has 4 heteroatoms. The highest BCUT2D eigenvalue weighted by Gasteiger charge is 2.09. The van der Waals surface area contributed by atoms with Crippen LogP contribution >= 0.6 is 12.2 Å².